The van der Waals surface area contributed by atoms with Gasteiger partial charge in [-0.15, -0.1) is 0 Å². The molecule has 0 unspecified atom stereocenters. The molecule has 4 fully saturated rings. The number of ether oxygens (including phenoxy) is 1. The molecule has 8 heteroatoms. The topological polar surface area (TPSA) is 84.5 Å². The third-order valence-corrected chi connectivity index (χ3v) is 6.70. The lowest BCUT2D eigenvalue weighted by atomic mass is 9.49. The second kappa shape index (κ2) is 8.32. The number of esters is 1. The second-order valence-corrected chi connectivity index (χ2v) is 9.21. The number of benzene rings is 1. The van der Waals surface area contributed by atoms with E-state index >= 15 is 0 Å². The Hall–Kier alpha value is -2.51. The highest BCUT2D eigenvalue weighted by Gasteiger charge is 2.51. The van der Waals surface area contributed by atoms with Crippen LogP contribution in [0, 0.1) is 34.8 Å². The van der Waals surface area contributed by atoms with Crippen molar-refractivity contribution >= 4 is 23.5 Å². The molecule has 4 saturated carbocycles. The van der Waals surface area contributed by atoms with E-state index in [1.807, 2.05) is 0 Å². The lowest BCUT2D eigenvalue weighted by Gasteiger charge is -2.56. The standard InChI is InChI=1S/C22H26F2N2O4/c23-17-2-1-16(6-18(17)24)26-19(27)11-25-20(28)12-30-21(29)10-22-7-13-3-14(8-22)5-15(4-13)9-22/h1-2,6,13-15H,3-5,7-12H2,(H,25,28)(H,26,27). The summed E-state index contributed by atoms with van der Waals surface area (Å²) in [6, 6.07) is 2.96. The molecule has 0 aliphatic heterocycles. The van der Waals surface area contributed by atoms with Crippen LogP contribution in [0.3, 0.4) is 0 Å². The molecule has 162 valence electrons. The molecule has 1 aromatic carbocycles. The number of rotatable bonds is 7. The summed E-state index contributed by atoms with van der Waals surface area (Å²) in [4.78, 5) is 36.0. The van der Waals surface area contributed by atoms with Crippen molar-refractivity contribution in [3.8, 4) is 0 Å². The van der Waals surface area contributed by atoms with Crippen LogP contribution in [-0.4, -0.2) is 30.9 Å². The molecule has 1 aromatic rings. The molecule has 4 bridgehead atoms. The van der Waals surface area contributed by atoms with Gasteiger partial charge in [0.1, 0.15) is 0 Å². The first-order valence-electron chi connectivity index (χ1n) is 10.5. The van der Waals surface area contributed by atoms with Crippen LogP contribution in [0.25, 0.3) is 0 Å². The van der Waals surface area contributed by atoms with Crippen LogP contribution in [0.2, 0.25) is 0 Å². The lowest BCUT2D eigenvalue weighted by Crippen LogP contribution is -2.47. The normalized spacial score (nSPS) is 28.8. The number of carbonyl (C=O) groups excluding carboxylic acids is 3. The Morgan fingerprint density at radius 3 is 2.20 bits per heavy atom. The van der Waals surface area contributed by atoms with E-state index in [9.17, 15) is 23.2 Å². The molecule has 6 nitrogen and oxygen atoms in total. The SMILES string of the molecule is O=C(COC(=O)CC12CC3CC(CC(C3)C1)C2)NCC(=O)Nc1ccc(F)c(F)c1. The molecule has 0 heterocycles. The molecular formula is C22H26F2N2O4. The number of anilines is 1. The van der Waals surface area contributed by atoms with Gasteiger partial charge in [0.2, 0.25) is 5.91 Å². The van der Waals surface area contributed by atoms with Gasteiger partial charge in [-0.05, 0) is 73.8 Å². The van der Waals surface area contributed by atoms with E-state index < -0.39 is 30.1 Å². The predicted molar refractivity (Wildman–Crippen MR) is 104 cm³/mol. The van der Waals surface area contributed by atoms with Crippen LogP contribution in [0.5, 0.6) is 0 Å². The molecule has 2 N–H and O–H groups in total. The van der Waals surface area contributed by atoms with Gasteiger partial charge in [-0.1, -0.05) is 0 Å². The van der Waals surface area contributed by atoms with Crippen molar-refractivity contribution in [1.29, 1.82) is 0 Å². The van der Waals surface area contributed by atoms with E-state index in [0.717, 1.165) is 49.1 Å². The first-order chi connectivity index (χ1) is 14.3. The summed E-state index contributed by atoms with van der Waals surface area (Å²) in [6.45, 7) is -0.811. The van der Waals surface area contributed by atoms with Gasteiger partial charge in [0.05, 0.1) is 13.0 Å². The van der Waals surface area contributed by atoms with Crippen LogP contribution in [0.1, 0.15) is 44.9 Å². The largest absolute Gasteiger partial charge is 0.456 e. The highest BCUT2D eigenvalue weighted by atomic mass is 19.2. The summed E-state index contributed by atoms with van der Waals surface area (Å²) in [5.74, 6) is -1.44. The number of nitrogens with one attached hydrogen (secondary N) is 2. The minimum atomic E-state index is -1.08. The molecule has 30 heavy (non-hydrogen) atoms. The van der Waals surface area contributed by atoms with E-state index in [-0.39, 0.29) is 23.6 Å². The van der Waals surface area contributed by atoms with Crippen molar-refractivity contribution in [2.45, 2.75) is 44.9 Å². The molecule has 4 aliphatic rings. The number of halogens is 2. The van der Waals surface area contributed by atoms with Crippen molar-refractivity contribution < 1.29 is 27.9 Å². The van der Waals surface area contributed by atoms with Crippen molar-refractivity contribution in [3.05, 3.63) is 29.8 Å². The number of carbonyl (C=O) groups is 3. The van der Waals surface area contributed by atoms with Crippen molar-refractivity contribution in [1.82, 2.24) is 5.32 Å². The fraction of sp³-hybridized carbons (Fsp3) is 0.591. The maximum absolute atomic E-state index is 13.1. The minimum absolute atomic E-state index is 0.0482. The maximum Gasteiger partial charge on any atom is 0.306 e. The zero-order valence-corrected chi connectivity index (χ0v) is 16.7. The van der Waals surface area contributed by atoms with Gasteiger partial charge >= 0.3 is 5.97 Å². The smallest absolute Gasteiger partial charge is 0.306 e. The van der Waals surface area contributed by atoms with Crippen molar-refractivity contribution in [2.75, 3.05) is 18.5 Å². The summed E-state index contributed by atoms with van der Waals surface area (Å²) in [7, 11) is 0. The minimum Gasteiger partial charge on any atom is -0.456 e. The first-order valence-corrected chi connectivity index (χ1v) is 10.5. The second-order valence-electron chi connectivity index (χ2n) is 9.21. The Morgan fingerprint density at radius 1 is 0.967 bits per heavy atom. The molecule has 0 aromatic heterocycles. The fourth-order valence-corrected chi connectivity index (χ4v) is 6.02. The fourth-order valence-electron chi connectivity index (χ4n) is 6.02. The quantitative estimate of drug-likeness (QED) is 0.664. The van der Waals surface area contributed by atoms with Crippen molar-refractivity contribution in [2.24, 2.45) is 23.2 Å². The predicted octanol–water partition coefficient (Wildman–Crippen LogP) is 3.17. The van der Waals surface area contributed by atoms with Gasteiger partial charge in [0.15, 0.2) is 18.2 Å². The van der Waals surface area contributed by atoms with E-state index in [4.69, 9.17) is 4.74 Å². The van der Waals surface area contributed by atoms with Gasteiger partial charge in [-0.2, -0.15) is 0 Å². The number of hydrogen-bond acceptors (Lipinski definition) is 4. The van der Waals surface area contributed by atoms with Gasteiger partial charge in [-0.3, -0.25) is 14.4 Å². The van der Waals surface area contributed by atoms with E-state index in [1.165, 1.54) is 25.3 Å². The molecule has 2 amide bonds. The van der Waals surface area contributed by atoms with Gasteiger partial charge in [0.25, 0.3) is 5.91 Å². The Bertz CT molecular complexity index is 822. The van der Waals surface area contributed by atoms with Gasteiger partial charge in [0, 0.05) is 11.8 Å². The summed E-state index contributed by atoms with van der Waals surface area (Å²) < 4.78 is 31.2. The molecule has 5 rings (SSSR count). The summed E-state index contributed by atoms with van der Waals surface area (Å²) in [5, 5.41) is 4.70. The summed E-state index contributed by atoms with van der Waals surface area (Å²) in [6.07, 6.45) is 7.51. The Balaban J connectivity index is 1.17. The average Bonchev–Trinajstić information content (AvgIpc) is 2.66. The Morgan fingerprint density at radius 2 is 1.60 bits per heavy atom. The molecule has 4 aliphatic carbocycles. The van der Waals surface area contributed by atoms with Crippen LogP contribution in [0.4, 0.5) is 14.5 Å². The zero-order chi connectivity index (χ0) is 21.3. The van der Waals surface area contributed by atoms with E-state index in [1.54, 1.807) is 0 Å². The molecule has 0 saturated heterocycles. The molecule has 0 spiro atoms. The van der Waals surface area contributed by atoms with Gasteiger partial charge < -0.3 is 15.4 Å². The monoisotopic (exact) mass is 420 g/mol. The molecular weight excluding hydrogens is 394 g/mol. The third-order valence-electron chi connectivity index (χ3n) is 6.70. The van der Waals surface area contributed by atoms with Crippen LogP contribution >= 0.6 is 0 Å². The third kappa shape index (κ3) is 4.79. The van der Waals surface area contributed by atoms with Crippen molar-refractivity contribution in [3.63, 3.8) is 0 Å². The summed E-state index contributed by atoms with van der Waals surface area (Å²) in [5.41, 5.74) is 0.127. The highest BCUT2D eigenvalue weighted by Crippen LogP contribution is 2.61. The van der Waals surface area contributed by atoms with E-state index in [2.05, 4.69) is 10.6 Å². The van der Waals surface area contributed by atoms with Crippen LogP contribution in [-0.2, 0) is 19.1 Å². The van der Waals surface area contributed by atoms with Gasteiger partial charge in [-0.25, -0.2) is 8.78 Å². The van der Waals surface area contributed by atoms with Crippen LogP contribution < -0.4 is 10.6 Å². The summed E-state index contributed by atoms with van der Waals surface area (Å²) >= 11 is 0. The molecule has 0 atom stereocenters. The van der Waals surface area contributed by atoms with E-state index in [0.29, 0.717) is 6.42 Å². The number of hydrogen-bond donors (Lipinski definition) is 2. The Labute approximate surface area is 173 Å². The first kappa shape index (κ1) is 20.8. The molecule has 0 radical (unpaired) electrons. The number of amides is 2. The lowest BCUT2D eigenvalue weighted by molar-refractivity contribution is -0.155. The van der Waals surface area contributed by atoms with Crippen LogP contribution in [0.15, 0.2) is 18.2 Å². The average molecular weight is 420 g/mol. The Kier molecular flexibility index (Phi) is 5.75. The zero-order valence-electron chi connectivity index (χ0n) is 16.7. The highest BCUT2D eigenvalue weighted by molar-refractivity contribution is 5.94. The maximum atomic E-state index is 13.1.